The lowest BCUT2D eigenvalue weighted by atomic mass is 10.0. The van der Waals surface area contributed by atoms with E-state index in [9.17, 15) is 24.3 Å². The predicted molar refractivity (Wildman–Crippen MR) is 134 cm³/mol. The maximum atomic E-state index is 12.4. The summed E-state index contributed by atoms with van der Waals surface area (Å²) in [6.45, 7) is 2.45. The van der Waals surface area contributed by atoms with Crippen molar-refractivity contribution in [2.75, 3.05) is 41.7 Å². The minimum atomic E-state index is -1.16. The number of rotatable bonds is 8. The molecule has 1 aromatic heterocycles. The van der Waals surface area contributed by atoms with Gasteiger partial charge in [-0.15, -0.1) is 0 Å². The van der Waals surface area contributed by atoms with Crippen molar-refractivity contribution in [3.05, 3.63) is 78.3 Å². The summed E-state index contributed by atoms with van der Waals surface area (Å²) in [7, 11) is 0. The van der Waals surface area contributed by atoms with E-state index in [2.05, 4.69) is 20.9 Å². The molecule has 12 heteroatoms. The van der Waals surface area contributed by atoms with Crippen LogP contribution in [0.1, 0.15) is 16.1 Å². The number of carboxylic acid groups (broad SMARTS) is 1. The highest BCUT2D eigenvalue weighted by Crippen LogP contribution is 2.23. The second-order valence-corrected chi connectivity index (χ2v) is 8.84. The Morgan fingerprint density at radius 1 is 1.11 bits per heavy atom. The SMILES string of the molecule is O=C(Nc1ccc(C[C@H](Nc2c(N3CCNCC3)c(=O)c2=O)C(=O)O)cc1)c1ncc(Cl)cc1Cl. The van der Waals surface area contributed by atoms with Gasteiger partial charge in [-0.25, -0.2) is 9.78 Å². The summed E-state index contributed by atoms with van der Waals surface area (Å²) in [5.74, 6) is -1.69. The fourth-order valence-corrected chi connectivity index (χ4v) is 4.28. The van der Waals surface area contributed by atoms with E-state index in [1.165, 1.54) is 12.3 Å². The molecule has 1 amide bonds. The summed E-state index contributed by atoms with van der Waals surface area (Å²) in [6.07, 6.45) is 1.36. The zero-order valence-electron chi connectivity index (χ0n) is 18.3. The molecule has 1 aliphatic heterocycles. The fourth-order valence-electron chi connectivity index (χ4n) is 3.81. The van der Waals surface area contributed by atoms with Gasteiger partial charge in [0.15, 0.2) is 0 Å². The molecule has 0 unspecified atom stereocenters. The van der Waals surface area contributed by atoms with Crippen molar-refractivity contribution in [1.82, 2.24) is 10.3 Å². The largest absolute Gasteiger partial charge is 0.480 e. The van der Waals surface area contributed by atoms with Crippen molar-refractivity contribution in [2.45, 2.75) is 12.5 Å². The van der Waals surface area contributed by atoms with Gasteiger partial charge >= 0.3 is 5.97 Å². The zero-order chi connectivity index (χ0) is 25.1. The number of carbonyl (C=O) groups is 2. The van der Waals surface area contributed by atoms with Gasteiger partial charge in [-0.1, -0.05) is 35.3 Å². The molecular formula is C23H21Cl2N5O5. The minimum absolute atomic E-state index is 0.0172. The van der Waals surface area contributed by atoms with Crippen molar-refractivity contribution >= 4 is 52.1 Å². The summed E-state index contributed by atoms with van der Waals surface area (Å²) >= 11 is 11.8. The van der Waals surface area contributed by atoms with Crippen LogP contribution < -0.4 is 31.7 Å². The number of piperazine rings is 1. The Morgan fingerprint density at radius 2 is 1.80 bits per heavy atom. The first-order valence-corrected chi connectivity index (χ1v) is 11.5. The summed E-state index contributed by atoms with van der Waals surface area (Å²) in [6, 6.07) is 6.82. The molecule has 1 aliphatic rings. The molecule has 0 saturated carbocycles. The van der Waals surface area contributed by atoms with E-state index in [1.54, 1.807) is 29.2 Å². The Hall–Kier alpha value is -3.47. The monoisotopic (exact) mass is 517 g/mol. The van der Waals surface area contributed by atoms with Crippen LogP contribution in [0.5, 0.6) is 0 Å². The molecule has 0 radical (unpaired) electrons. The summed E-state index contributed by atoms with van der Waals surface area (Å²) < 4.78 is 0. The van der Waals surface area contributed by atoms with Crippen LogP contribution in [0.4, 0.5) is 17.1 Å². The van der Waals surface area contributed by atoms with Crippen molar-refractivity contribution < 1.29 is 14.7 Å². The maximum Gasteiger partial charge on any atom is 0.326 e. The number of anilines is 3. The maximum absolute atomic E-state index is 12.4. The number of carbonyl (C=O) groups excluding carboxylic acids is 1. The Labute approximate surface area is 209 Å². The van der Waals surface area contributed by atoms with E-state index < -0.39 is 28.8 Å². The minimum Gasteiger partial charge on any atom is -0.480 e. The number of nitrogens with zero attached hydrogens (tertiary/aromatic N) is 2. The average Bonchev–Trinajstić information content (AvgIpc) is 2.84. The summed E-state index contributed by atoms with van der Waals surface area (Å²) in [4.78, 5) is 54.3. The van der Waals surface area contributed by atoms with Gasteiger partial charge < -0.3 is 26.0 Å². The summed E-state index contributed by atoms with van der Waals surface area (Å²) in [5.41, 5.74) is 0.0911. The molecule has 182 valence electrons. The molecule has 1 saturated heterocycles. The lowest BCUT2D eigenvalue weighted by molar-refractivity contribution is -0.137. The normalized spacial score (nSPS) is 14.5. The van der Waals surface area contributed by atoms with Crippen LogP contribution >= 0.6 is 23.2 Å². The van der Waals surface area contributed by atoms with Crippen molar-refractivity contribution in [2.24, 2.45) is 0 Å². The third kappa shape index (κ3) is 5.45. The molecule has 4 rings (SSSR count). The predicted octanol–water partition coefficient (Wildman–Crippen LogP) is 1.75. The highest BCUT2D eigenvalue weighted by atomic mass is 35.5. The lowest BCUT2D eigenvalue weighted by Gasteiger charge is -2.32. The Morgan fingerprint density at radius 3 is 2.43 bits per heavy atom. The molecule has 2 aromatic carbocycles. The van der Waals surface area contributed by atoms with Crippen molar-refractivity contribution in [3.8, 4) is 0 Å². The van der Waals surface area contributed by atoms with Gasteiger partial charge in [0.25, 0.3) is 16.8 Å². The molecule has 0 bridgehead atoms. The number of carboxylic acids is 1. The van der Waals surface area contributed by atoms with Gasteiger partial charge in [0, 0.05) is 44.5 Å². The smallest absolute Gasteiger partial charge is 0.326 e. The van der Waals surface area contributed by atoms with Gasteiger partial charge in [-0.05, 0) is 23.8 Å². The van der Waals surface area contributed by atoms with Crippen molar-refractivity contribution in [1.29, 1.82) is 0 Å². The molecule has 3 aromatic rings. The number of benzene rings is 1. The molecule has 1 atom stereocenters. The first kappa shape index (κ1) is 24.6. The number of hydrogen-bond acceptors (Lipinski definition) is 8. The number of halogens is 2. The van der Waals surface area contributed by atoms with Crippen molar-refractivity contribution in [3.63, 3.8) is 0 Å². The first-order valence-electron chi connectivity index (χ1n) is 10.7. The van der Waals surface area contributed by atoms with Crippen LogP contribution in [0.25, 0.3) is 0 Å². The van der Waals surface area contributed by atoms with Crippen LogP contribution in [0.15, 0.2) is 46.1 Å². The van der Waals surface area contributed by atoms with E-state index in [1.807, 2.05) is 0 Å². The van der Waals surface area contributed by atoms with Crippen LogP contribution in [0.2, 0.25) is 10.0 Å². The fraction of sp³-hybridized carbons (Fsp3) is 0.261. The van der Waals surface area contributed by atoms with Crippen LogP contribution in [0.3, 0.4) is 0 Å². The highest BCUT2D eigenvalue weighted by Gasteiger charge is 2.30. The molecule has 10 nitrogen and oxygen atoms in total. The van der Waals surface area contributed by atoms with E-state index >= 15 is 0 Å². The number of nitrogens with one attached hydrogen (secondary N) is 3. The summed E-state index contributed by atoms with van der Waals surface area (Å²) in [5, 5.41) is 18.7. The van der Waals surface area contributed by atoms with E-state index in [0.717, 1.165) is 0 Å². The van der Waals surface area contributed by atoms with Gasteiger partial charge in [0.05, 0.1) is 10.0 Å². The van der Waals surface area contributed by atoms with Gasteiger partial charge in [-0.3, -0.25) is 14.4 Å². The number of aromatic nitrogens is 1. The van der Waals surface area contributed by atoms with Gasteiger partial charge in [0.2, 0.25) is 0 Å². The van der Waals surface area contributed by atoms with E-state index in [-0.39, 0.29) is 28.5 Å². The third-order valence-corrected chi connectivity index (χ3v) is 6.10. The quantitative estimate of drug-likeness (QED) is 0.328. The van der Waals surface area contributed by atoms with Crippen LogP contribution in [-0.2, 0) is 11.2 Å². The second-order valence-electron chi connectivity index (χ2n) is 7.99. The van der Waals surface area contributed by atoms with Crippen LogP contribution in [-0.4, -0.2) is 54.2 Å². The van der Waals surface area contributed by atoms with E-state index in [4.69, 9.17) is 23.2 Å². The highest BCUT2D eigenvalue weighted by molar-refractivity contribution is 6.36. The third-order valence-electron chi connectivity index (χ3n) is 5.61. The lowest BCUT2D eigenvalue weighted by Crippen LogP contribution is -2.51. The molecular weight excluding hydrogens is 497 g/mol. The molecule has 4 N–H and O–H groups in total. The number of pyridine rings is 1. The number of hydrogen-bond donors (Lipinski definition) is 4. The van der Waals surface area contributed by atoms with Crippen LogP contribution in [0, 0.1) is 0 Å². The molecule has 2 heterocycles. The molecule has 0 aliphatic carbocycles. The Balaban J connectivity index is 1.44. The first-order chi connectivity index (χ1) is 16.7. The molecule has 35 heavy (non-hydrogen) atoms. The topological polar surface area (TPSA) is 141 Å². The van der Waals surface area contributed by atoms with Gasteiger partial charge in [-0.2, -0.15) is 0 Å². The number of aliphatic carboxylic acids is 1. The number of amides is 1. The molecule has 1 fully saturated rings. The Bertz CT molecular complexity index is 1330. The van der Waals surface area contributed by atoms with E-state index in [0.29, 0.717) is 42.5 Å². The molecule has 0 spiro atoms. The van der Waals surface area contributed by atoms with Gasteiger partial charge in [0.1, 0.15) is 23.1 Å². The Kier molecular flexibility index (Phi) is 7.34. The average molecular weight is 518 g/mol. The second kappa shape index (κ2) is 10.4. The zero-order valence-corrected chi connectivity index (χ0v) is 19.8. The standard InChI is InChI=1S/C23H21Cl2N5O5/c24-13-10-15(25)17(27-11-13)22(33)28-14-3-1-12(2-4-14)9-16(23(34)35)29-18-19(21(32)20(18)31)30-7-5-26-6-8-30/h1-4,10-11,16,26,29H,5-9H2,(H,28,33)(H,34,35)/t16-/m0/s1.